The summed E-state index contributed by atoms with van der Waals surface area (Å²) < 4.78 is 148. The molecular weight excluding hydrogens is 951 g/mol. The second-order valence-corrected chi connectivity index (χ2v) is 24.2. The van der Waals surface area contributed by atoms with Gasteiger partial charge in [-0.05, 0) is 125 Å². The Labute approximate surface area is 398 Å². The summed E-state index contributed by atoms with van der Waals surface area (Å²) >= 11 is 0. The van der Waals surface area contributed by atoms with Crippen molar-refractivity contribution in [3.8, 4) is 22.5 Å². The standard InChI is InChI=1S/C49H55N3O12S4/c1-28-23-30(3)48(67(58,59)60)32(5)46(28)50-34-21-22-37-41(25-34)64-42-27-40(51-47-29(2)24-31(4)49(33(47)6)68(61,62)63)44(66(55,56)57)26-39(42)45(37)38-19-13-14-20-43(38)65(53,54)52(35-15-9-7-10-16-35)36-17-11-8-12-18-36/h13-14,19-27,35-36,50H,7-12,15-18H2,1-6H3,(H,55,56,57)(H,58,59,60)(H,61,62,63)/b51-40+. The minimum Gasteiger partial charge on any atom is -0.456 e. The number of sulfonamides is 1. The molecule has 4 aromatic rings. The zero-order valence-electron chi connectivity index (χ0n) is 38.6. The molecule has 4 N–H and O–H groups in total. The van der Waals surface area contributed by atoms with E-state index in [1.807, 2.05) is 0 Å². The maximum Gasteiger partial charge on any atom is 0.296 e. The van der Waals surface area contributed by atoms with E-state index in [4.69, 9.17) is 4.42 Å². The van der Waals surface area contributed by atoms with Crippen molar-refractivity contribution in [2.24, 2.45) is 4.99 Å². The van der Waals surface area contributed by atoms with Gasteiger partial charge in [0, 0.05) is 57.7 Å². The van der Waals surface area contributed by atoms with Gasteiger partial charge in [0.25, 0.3) is 30.4 Å². The normalized spacial score (nSPS) is 16.3. The average molecular weight is 1010 g/mol. The lowest BCUT2D eigenvalue weighted by Crippen LogP contribution is -2.48. The molecule has 2 saturated carbocycles. The van der Waals surface area contributed by atoms with E-state index in [9.17, 15) is 38.9 Å². The molecule has 4 aromatic carbocycles. The summed E-state index contributed by atoms with van der Waals surface area (Å²) in [5, 5.41) is 3.29. The smallest absolute Gasteiger partial charge is 0.296 e. The number of nitrogens with one attached hydrogen (secondary N) is 1. The lowest BCUT2D eigenvalue weighted by Gasteiger charge is -2.40. The van der Waals surface area contributed by atoms with E-state index in [-0.39, 0.29) is 77.6 Å². The first-order chi connectivity index (χ1) is 31.9. The van der Waals surface area contributed by atoms with E-state index in [2.05, 4.69) is 10.3 Å². The molecule has 1 aliphatic heterocycles. The first-order valence-electron chi connectivity index (χ1n) is 22.5. The van der Waals surface area contributed by atoms with E-state index >= 15 is 8.42 Å². The third-order valence-corrected chi connectivity index (χ3v) is 18.7. The quantitative estimate of drug-likeness (QED) is 0.0699. The third kappa shape index (κ3) is 9.38. The first-order valence-corrected chi connectivity index (χ1v) is 28.3. The van der Waals surface area contributed by atoms with Crippen molar-refractivity contribution in [2.75, 3.05) is 5.32 Å². The van der Waals surface area contributed by atoms with Gasteiger partial charge in [-0.2, -0.15) is 29.6 Å². The Morgan fingerprint density at radius 1 is 0.588 bits per heavy atom. The summed E-state index contributed by atoms with van der Waals surface area (Å²) in [6, 6.07) is 16.6. The molecular formula is C49H55N3O12S4. The number of benzene rings is 5. The highest BCUT2D eigenvalue weighted by Crippen LogP contribution is 2.46. The van der Waals surface area contributed by atoms with Crippen LogP contribution in [0.3, 0.4) is 0 Å². The molecule has 0 spiro atoms. The average Bonchev–Trinajstić information content (AvgIpc) is 3.24. The summed E-state index contributed by atoms with van der Waals surface area (Å²) in [6.07, 6.45) is 8.56. The molecule has 0 atom stereocenters. The van der Waals surface area contributed by atoms with E-state index in [0.29, 0.717) is 33.5 Å². The molecule has 0 radical (unpaired) electrons. The van der Waals surface area contributed by atoms with Crippen molar-refractivity contribution < 1.29 is 51.7 Å². The van der Waals surface area contributed by atoms with Gasteiger partial charge in [-0.1, -0.05) is 68.9 Å². The Morgan fingerprint density at radius 2 is 1.15 bits per heavy atom. The van der Waals surface area contributed by atoms with Crippen LogP contribution in [0, 0.1) is 41.5 Å². The van der Waals surface area contributed by atoms with Crippen LogP contribution in [0.25, 0.3) is 33.4 Å². The molecule has 8 rings (SSSR count). The molecule has 0 amide bonds. The summed E-state index contributed by atoms with van der Waals surface area (Å²) in [5.74, 6) is 0.00759. The highest BCUT2D eigenvalue weighted by Gasteiger charge is 2.40. The Hall–Kier alpha value is -4.99. The fourth-order valence-corrected chi connectivity index (χ4v) is 15.4. The van der Waals surface area contributed by atoms with Gasteiger partial charge in [0.2, 0.25) is 10.0 Å². The van der Waals surface area contributed by atoms with E-state index in [1.165, 1.54) is 26.0 Å². The van der Waals surface area contributed by atoms with Crippen molar-refractivity contribution >= 4 is 68.4 Å². The van der Waals surface area contributed by atoms with Crippen LogP contribution < -0.4 is 10.7 Å². The van der Waals surface area contributed by atoms with Crippen LogP contribution >= 0.6 is 0 Å². The molecule has 0 bridgehead atoms. The molecule has 1 heterocycles. The largest absolute Gasteiger partial charge is 0.456 e. The van der Waals surface area contributed by atoms with Gasteiger partial charge < -0.3 is 9.73 Å². The van der Waals surface area contributed by atoms with Crippen molar-refractivity contribution in [3.63, 3.8) is 0 Å². The first kappa shape index (κ1) is 49.4. The lowest BCUT2D eigenvalue weighted by atomic mass is 9.91. The van der Waals surface area contributed by atoms with Gasteiger partial charge in [0.05, 0.1) is 15.9 Å². The maximum absolute atomic E-state index is 15.5. The minimum absolute atomic E-state index is 0.00149. The highest BCUT2D eigenvalue weighted by atomic mass is 32.2. The molecule has 19 heteroatoms. The number of hydrogen-bond acceptors (Lipinski definition) is 11. The molecule has 68 heavy (non-hydrogen) atoms. The minimum atomic E-state index is -5.12. The Kier molecular flexibility index (Phi) is 13.4. The summed E-state index contributed by atoms with van der Waals surface area (Å²) in [6.45, 7) is 9.47. The van der Waals surface area contributed by atoms with Crippen molar-refractivity contribution in [1.29, 1.82) is 0 Å². The summed E-state index contributed by atoms with van der Waals surface area (Å²) in [5.41, 5.74) is 3.60. The zero-order valence-corrected chi connectivity index (χ0v) is 41.9. The predicted molar refractivity (Wildman–Crippen MR) is 260 cm³/mol. The molecule has 3 aliphatic carbocycles. The van der Waals surface area contributed by atoms with Crippen molar-refractivity contribution in [3.05, 3.63) is 105 Å². The Morgan fingerprint density at radius 3 is 1.72 bits per heavy atom. The third-order valence-electron chi connectivity index (χ3n) is 13.4. The Balaban J connectivity index is 1.45. The van der Waals surface area contributed by atoms with Crippen LogP contribution in [0.4, 0.5) is 17.1 Å². The zero-order chi connectivity index (χ0) is 49.2. The topological polar surface area (TPSA) is 238 Å². The van der Waals surface area contributed by atoms with E-state index < -0.39 is 50.2 Å². The van der Waals surface area contributed by atoms with Gasteiger partial charge in [-0.25, -0.2) is 13.4 Å². The van der Waals surface area contributed by atoms with Gasteiger partial charge in [0.1, 0.15) is 26.0 Å². The number of nitrogens with zero attached hydrogens (tertiary/aromatic N) is 2. The number of rotatable bonds is 11. The van der Waals surface area contributed by atoms with Crippen LogP contribution in [-0.4, -0.2) is 63.7 Å². The van der Waals surface area contributed by atoms with Crippen LogP contribution in [-0.2, 0) is 40.4 Å². The highest BCUT2D eigenvalue weighted by molar-refractivity contribution is 7.89. The monoisotopic (exact) mass is 1010 g/mol. The molecule has 4 aliphatic rings. The fourth-order valence-electron chi connectivity index (χ4n) is 10.7. The van der Waals surface area contributed by atoms with E-state index in [0.717, 1.165) is 70.3 Å². The molecule has 0 aromatic heterocycles. The molecule has 2 fully saturated rings. The van der Waals surface area contributed by atoms with Gasteiger partial charge in [-0.3, -0.25) is 13.7 Å². The molecule has 0 unspecified atom stereocenters. The van der Waals surface area contributed by atoms with Gasteiger partial charge in [0.15, 0.2) is 0 Å². The summed E-state index contributed by atoms with van der Waals surface area (Å²) in [7, 11) is -18.7. The van der Waals surface area contributed by atoms with E-state index in [1.54, 1.807) is 80.5 Å². The van der Waals surface area contributed by atoms with Crippen LogP contribution in [0.5, 0.6) is 0 Å². The SMILES string of the molecule is Cc1cc(C)c(S(=O)(=O)O)c(C)c1/N=c1\cc2oc3cc(Nc4c(C)cc(C)c(S(=O)(=O)O)c4C)ccc3c(-c3ccccc3S(=O)(=O)N(C3CCCCC3)C3CCCCC3)c-2cc1S(=O)(=O)O. The predicted octanol–water partition coefficient (Wildman–Crippen LogP) is 10.4. The Bertz CT molecular complexity index is 3500. The molecule has 362 valence electrons. The maximum atomic E-state index is 15.5. The van der Waals surface area contributed by atoms with Crippen LogP contribution in [0.1, 0.15) is 97.6 Å². The van der Waals surface area contributed by atoms with Crippen molar-refractivity contribution in [2.45, 2.75) is 137 Å². The van der Waals surface area contributed by atoms with Gasteiger partial charge in [-0.15, -0.1) is 0 Å². The second kappa shape index (κ2) is 18.4. The van der Waals surface area contributed by atoms with Gasteiger partial charge >= 0.3 is 0 Å². The summed E-state index contributed by atoms with van der Waals surface area (Å²) in [4.78, 5) is 3.27. The number of anilines is 2. The van der Waals surface area contributed by atoms with Crippen LogP contribution in [0.15, 0.2) is 95.7 Å². The van der Waals surface area contributed by atoms with Crippen LogP contribution in [0.2, 0.25) is 0 Å². The molecule has 15 nitrogen and oxygen atoms in total. The number of aryl methyl sites for hydroxylation is 4. The van der Waals surface area contributed by atoms with Crippen molar-refractivity contribution in [1.82, 2.24) is 4.31 Å². The number of hydrogen-bond donors (Lipinski definition) is 4. The molecule has 0 saturated heterocycles. The fraction of sp³-hybridized carbons (Fsp3) is 0.367. The second-order valence-electron chi connectivity index (χ2n) is 18.2. The number of fused-ring (bicyclic) bond motifs is 2. The lowest BCUT2D eigenvalue weighted by molar-refractivity contribution is 0.170.